The Hall–Kier alpha value is -0.420. The van der Waals surface area contributed by atoms with Crippen LogP contribution in [0, 0.1) is 5.92 Å². The topological polar surface area (TPSA) is 12.0 Å². The summed E-state index contributed by atoms with van der Waals surface area (Å²) in [5.41, 5.74) is 0.0183. The van der Waals surface area contributed by atoms with E-state index < -0.39 is 11.7 Å². The molecule has 0 radical (unpaired) electrons. The Kier molecular flexibility index (Phi) is 4.66. The van der Waals surface area contributed by atoms with Crippen molar-refractivity contribution in [2.75, 3.05) is 11.9 Å². The highest BCUT2D eigenvalue weighted by Gasteiger charge is 2.31. The molecule has 0 aliphatic heterocycles. The summed E-state index contributed by atoms with van der Waals surface area (Å²) in [5, 5.41) is 3.33. The van der Waals surface area contributed by atoms with Crippen LogP contribution < -0.4 is 5.32 Å². The summed E-state index contributed by atoms with van der Waals surface area (Å²) in [6, 6.07) is 3.63. The molecule has 1 aromatic rings. The molecule has 6 heteroatoms. The average molecular weight is 357 g/mol. The highest BCUT2D eigenvalue weighted by atomic mass is 79.9. The van der Waals surface area contributed by atoms with E-state index in [1.165, 1.54) is 6.07 Å². The van der Waals surface area contributed by atoms with E-state index in [4.69, 9.17) is 11.6 Å². The molecule has 0 saturated heterocycles. The molecule has 1 aliphatic rings. The van der Waals surface area contributed by atoms with Gasteiger partial charge in [0, 0.05) is 22.1 Å². The quantitative estimate of drug-likeness (QED) is 0.726. The Morgan fingerprint density at radius 3 is 2.58 bits per heavy atom. The zero-order valence-corrected chi connectivity index (χ0v) is 12.4. The van der Waals surface area contributed by atoms with Crippen LogP contribution >= 0.6 is 27.5 Å². The molecule has 1 fully saturated rings. The summed E-state index contributed by atoms with van der Waals surface area (Å²) in [4.78, 5) is 0. The lowest BCUT2D eigenvalue weighted by atomic mass is 10.1. The van der Waals surface area contributed by atoms with E-state index in [1.54, 1.807) is 0 Å². The molecule has 0 heterocycles. The Morgan fingerprint density at radius 2 is 2.05 bits per heavy atom. The Labute approximate surface area is 123 Å². The molecule has 1 aromatic carbocycles. The monoisotopic (exact) mass is 355 g/mol. The predicted octanol–water partition coefficient (Wildman–Crippen LogP) is 5.29. The van der Waals surface area contributed by atoms with Crippen LogP contribution in [0.3, 0.4) is 0 Å². The zero-order chi connectivity index (χ0) is 14.0. The second kappa shape index (κ2) is 5.92. The van der Waals surface area contributed by atoms with Crippen molar-refractivity contribution in [2.24, 2.45) is 5.92 Å². The number of nitrogens with one attached hydrogen (secondary N) is 1. The van der Waals surface area contributed by atoms with Crippen molar-refractivity contribution in [2.45, 2.75) is 30.8 Å². The van der Waals surface area contributed by atoms with Crippen LogP contribution in [0.1, 0.15) is 24.8 Å². The molecule has 2 rings (SSSR count). The molecule has 19 heavy (non-hydrogen) atoms. The van der Waals surface area contributed by atoms with Crippen molar-refractivity contribution in [3.05, 3.63) is 28.2 Å². The smallest absolute Gasteiger partial charge is 0.384 e. The van der Waals surface area contributed by atoms with E-state index in [-0.39, 0.29) is 5.38 Å². The Bertz CT molecular complexity index is 450. The van der Waals surface area contributed by atoms with Crippen LogP contribution in [-0.4, -0.2) is 11.9 Å². The summed E-state index contributed by atoms with van der Waals surface area (Å²) in [6.07, 6.45) is -1.11. The summed E-state index contributed by atoms with van der Waals surface area (Å²) in [6.45, 7) is 0.693. The van der Waals surface area contributed by atoms with Crippen molar-refractivity contribution < 1.29 is 13.2 Å². The van der Waals surface area contributed by atoms with Gasteiger partial charge in [0.2, 0.25) is 0 Å². The summed E-state index contributed by atoms with van der Waals surface area (Å²) in [7, 11) is 0. The molecule has 1 aliphatic carbocycles. The molecule has 1 N–H and O–H groups in total. The van der Waals surface area contributed by atoms with Crippen LogP contribution in [0.4, 0.5) is 18.9 Å². The van der Waals surface area contributed by atoms with Gasteiger partial charge in [0.1, 0.15) is 0 Å². The molecule has 1 saturated carbocycles. The maximum atomic E-state index is 12.5. The first-order valence-electron chi connectivity index (χ1n) is 6.12. The first kappa shape index (κ1) is 15.0. The third-order valence-corrected chi connectivity index (χ3v) is 4.65. The van der Waals surface area contributed by atoms with E-state index in [0.717, 1.165) is 31.4 Å². The third-order valence-electron chi connectivity index (χ3n) is 3.42. The normalized spacial score (nSPS) is 23.6. The molecule has 1 nitrogen and oxygen atoms in total. The molecule has 2 unspecified atom stereocenters. The highest BCUT2D eigenvalue weighted by molar-refractivity contribution is 9.10. The van der Waals surface area contributed by atoms with Gasteiger partial charge in [0.15, 0.2) is 0 Å². The average Bonchev–Trinajstić information content (AvgIpc) is 2.72. The lowest BCUT2D eigenvalue weighted by Crippen LogP contribution is -2.18. The zero-order valence-electron chi connectivity index (χ0n) is 10.1. The molecular formula is C13H14BrClF3N. The van der Waals surface area contributed by atoms with Gasteiger partial charge in [0.25, 0.3) is 0 Å². The number of hydrogen-bond donors (Lipinski definition) is 1. The number of alkyl halides is 4. The first-order valence-corrected chi connectivity index (χ1v) is 7.35. The second-order valence-electron chi connectivity index (χ2n) is 4.78. The molecule has 106 valence electrons. The fourth-order valence-electron chi connectivity index (χ4n) is 2.30. The van der Waals surface area contributed by atoms with Gasteiger partial charge in [0.05, 0.1) is 5.56 Å². The predicted molar refractivity (Wildman–Crippen MR) is 74.6 cm³/mol. The maximum absolute atomic E-state index is 12.5. The molecular weight excluding hydrogens is 343 g/mol. The van der Waals surface area contributed by atoms with E-state index in [9.17, 15) is 13.2 Å². The van der Waals surface area contributed by atoms with E-state index in [0.29, 0.717) is 22.6 Å². The summed E-state index contributed by atoms with van der Waals surface area (Å²) < 4.78 is 38.0. The van der Waals surface area contributed by atoms with Crippen molar-refractivity contribution >= 4 is 33.2 Å². The SMILES string of the molecule is FC(F)(F)c1ccc(NCC2CCCC2Cl)c(Br)c1. The van der Waals surface area contributed by atoms with Gasteiger partial charge in [-0.1, -0.05) is 6.42 Å². The highest BCUT2D eigenvalue weighted by Crippen LogP contribution is 2.35. The lowest BCUT2D eigenvalue weighted by molar-refractivity contribution is -0.137. The summed E-state index contributed by atoms with van der Waals surface area (Å²) >= 11 is 9.34. The first-order chi connectivity index (χ1) is 8.88. The molecule has 0 aromatic heterocycles. The van der Waals surface area contributed by atoms with Gasteiger partial charge in [-0.15, -0.1) is 11.6 Å². The van der Waals surface area contributed by atoms with E-state index in [2.05, 4.69) is 21.2 Å². The number of anilines is 1. The minimum Gasteiger partial charge on any atom is -0.384 e. The van der Waals surface area contributed by atoms with Gasteiger partial charge in [-0.25, -0.2) is 0 Å². The van der Waals surface area contributed by atoms with Crippen molar-refractivity contribution in [3.8, 4) is 0 Å². The van der Waals surface area contributed by atoms with Gasteiger partial charge >= 0.3 is 6.18 Å². The molecule has 0 bridgehead atoms. The Morgan fingerprint density at radius 1 is 1.32 bits per heavy atom. The maximum Gasteiger partial charge on any atom is 0.416 e. The standard InChI is InChI=1S/C13H14BrClF3N/c14-10-6-9(13(16,17)18)4-5-12(10)19-7-8-2-1-3-11(8)15/h4-6,8,11,19H,1-3,7H2. The van der Waals surface area contributed by atoms with Crippen LogP contribution in [0.15, 0.2) is 22.7 Å². The minimum atomic E-state index is -4.31. The second-order valence-corrected chi connectivity index (χ2v) is 6.20. The lowest BCUT2D eigenvalue weighted by Gasteiger charge is -2.17. The molecule has 0 spiro atoms. The summed E-state index contributed by atoms with van der Waals surface area (Å²) in [5.74, 6) is 0.385. The van der Waals surface area contributed by atoms with Crippen LogP contribution in [0.25, 0.3) is 0 Å². The van der Waals surface area contributed by atoms with Crippen molar-refractivity contribution in [1.82, 2.24) is 0 Å². The van der Waals surface area contributed by atoms with Gasteiger partial charge in [-0.2, -0.15) is 13.2 Å². The van der Waals surface area contributed by atoms with Crippen LogP contribution in [0.2, 0.25) is 0 Å². The molecule has 2 atom stereocenters. The third kappa shape index (κ3) is 3.78. The molecule has 0 amide bonds. The number of rotatable bonds is 3. The largest absolute Gasteiger partial charge is 0.416 e. The Balaban J connectivity index is 2.01. The van der Waals surface area contributed by atoms with Crippen LogP contribution in [-0.2, 0) is 6.18 Å². The fourth-order valence-corrected chi connectivity index (χ4v) is 3.19. The van der Waals surface area contributed by atoms with E-state index in [1.807, 2.05) is 0 Å². The minimum absolute atomic E-state index is 0.167. The van der Waals surface area contributed by atoms with Gasteiger partial charge < -0.3 is 5.32 Å². The van der Waals surface area contributed by atoms with Crippen molar-refractivity contribution in [1.29, 1.82) is 0 Å². The van der Waals surface area contributed by atoms with Crippen LogP contribution in [0.5, 0.6) is 0 Å². The number of hydrogen-bond acceptors (Lipinski definition) is 1. The van der Waals surface area contributed by atoms with Gasteiger partial charge in [-0.3, -0.25) is 0 Å². The van der Waals surface area contributed by atoms with Crippen molar-refractivity contribution in [3.63, 3.8) is 0 Å². The number of benzene rings is 1. The van der Waals surface area contributed by atoms with E-state index >= 15 is 0 Å². The number of halogens is 5. The fraction of sp³-hybridized carbons (Fsp3) is 0.538. The van der Waals surface area contributed by atoms with Gasteiger partial charge in [-0.05, 0) is 52.9 Å².